The maximum absolute atomic E-state index is 13.0. The fraction of sp³-hybridized carbons (Fsp3) is 0.0833. The van der Waals surface area contributed by atoms with Gasteiger partial charge in [-0.1, -0.05) is 18.2 Å². The third kappa shape index (κ3) is 4.06. The molecule has 0 aliphatic rings. The highest BCUT2D eigenvalue weighted by molar-refractivity contribution is 6.05. The van der Waals surface area contributed by atoms with Gasteiger partial charge in [0.2, 0.25) is 0 Å². The SMILES string of the molecule is Cc1cn[nH]c1CNc1cc(C(=O)Nc2ccccc2)cc(-c2nc3cccnc3[nH]2)c1. The summed E-state index contributed by atoms with van der Waals surface area (Å²) >= 11 is 0. The van der Waals surface area contributed by atoms with E-state index < -0.39 is 0 Å². The monoisotopic (exact) mass is 423 g/mol. The lowest BCUT2D eigenvalue weighted by molar-refractivity contribution is 0.102. The van der Waals surface area contributed by atoms with Crippen LogP contribution in [0.3, 0.4) is 0 Å². The zero-order valence-corrected chi connectivity index (χ0v) is 17.4. The Balaban J connectivity index is 1.50. The van der Waals surface area contributed by atoms with Gasteiger partial charge in [-0.05, 0) is 55.0 Å². The number of rotatable bonds is 6. The second-order valence-corrected chi connectivity index (χ2v) is 7.46. The quantitative estimate of drug-likeness (QED) is 0.321. The van der Waals surface area contributed by atoms with Crippen LogP contribution in [0, 0.1) is 6.92 Å². The lowest BCUT2D eigenvalue weighted by atomic mass is 10.1. The van der Waals surface area contributed by atoms with E-state index in [0.29, 0.717) is 23.6 Å². The number of benzene rings is 2. The molecule has 0 radical (unpaired) electrons. The van der Waals surface area contributed by atoms with Gasteiger partial charge in [-0.3, -0.25) is 9.89 Å². The molecule has 2 aromatic carbocycles. The molecule has 1 amide bonds. The highest BCUT2D eigenvalue weighted by Gasteiger charge is 2.13. The number of hydrogen-bond acceptors (Lipinski definition) is 5. The topological polar surface area (TPSA) is 111 Å². The molecule has 0 atom stereocenters. The average molecular weight is 423 g/mol. The minimum absolute atomic E-state index is 0.201. The van der Waals surface area contributed by atoms with E-state index in [1.165, 1.54) is 0 Å². The zero-order chi connectivity index (χ0) is 21.9. The van der Waals surface area contributed by atoms with Crippen LogP contribution in [0.2, 0.25) is 0 Å². The van der Waals surface area contributed by atoms with Gasteiger partial charge in [-0.2, -0.15) is 5.10 Å². The summed E-state index contributed by atoms with van der Waals surface area (Å²) in [5.74, 6) is 0.446. The molecule has 0 saturated carbocycles. The van der Waals surface area contributed by atoms with Gasteiger partial charge in [0.05, 0.1) is 18.4 Å². The van der Waals surface area contributed by atoms with Crippen molar-refractivity contribution in [2.24, 2.45) is 0 Å². The van der Waals surface area contributed by atoms with Crippen LogP contribution in [0.1, 0.15) is 21.6 Å². The first-order chi connectivity index (χ1) is 15.7. The number of carbonyl (C=O) groups excluding carboxylic acids is 1. The lowest BCUT2D eigenvalue weighted by Gasteiger charge is -2.11. The normalized spacial score (nSPS) is 10.9. The number of carbonyl (C=O) groups is 1. The van der Waals surface area contributed by atoms with Crippen molar-refractivity contribution in [3.63, 3.8) is 0 Å². The van der Waals surface area contributed by atoms with Gasteiger partial charge in [0.15, 0.2) is 5.65 Å². The number of aromatic nitrogens is 5. The van der Waals surface area contributed by atoms with Crippen LogP contribution in [0.5, 0.6) is 0 Å². The van der Waals surface area contributed by atoms with Crippen LogP contribution in [-0.4, -0.2) is 31.1 Å². The number of fused-ring (bicyclic) bond motifs is 1. The first-order valence-electron chi connectivity index (χ1n) is 10.2. The van der Waals surface area contributed by atoms with Crippen molar-refractivity contribution in [1.29, 1.82) is 0 Å². The Bertz CT molecular complexity index is 1360. The molecule has 4 N–H and O–H groups in total. The van der Waals surface area contributed by atoms with Gasteiger partial charge < -0.3 is 15.6 Å². The Labute approximate surface area is 184 Å². The van der Waals surface area contributed by atoms with E-state index in [4.69, 9.17) is 0 Å². The van der Waals surface area contributed by atoms with Crippen LogP contribution in [-0.2, 0) is 6.54 Å². The molecule has 32 heavy (non-hydrogen) atoms. The summed E-state index contributed by atoms with van der Waals surface area (Å²) in [5.41, 5.74) is 6.35. The fourth-order valence-electron chi connectivity index (χ4n) is 3.45. The minimum Gasteiger partial charge on any atom is -0.379 e. The van der Waals surface area contributed by atoms with Gasteiger partial charge >= 0.3 is 0 Å². The summed E-state index contributed by atoms with van der Waals surface area (Å²) in [7, 11) is 0. The Morgan fingerprint density at radius 2 is 1.91 bits per heavy atom. The molecule has 8 nitrogen and oxygen atoms in total. The molecule has 158 valence electrons. The number of H-pyrrole nitrogens is 2. The van der Waals surface area contributed by atoms with Crippen LogP contribution in [0.15, 0.2) is 73.1 Å². The van der Waals surface area contributed by atoms with Gasteiger partial charge in [-0.15, -0.1) is 0 Å². The number of para-hydroxylation sites is 1. The summed E-state index contributed by atoms with van der Waals surface area (Å²) in [6.07, 6.45) is 3.50. The van der Waals surface area contributed by atoms with E-state index in [1.54, 1.807) is 12.4 Å². The van der Waals surface area contributed by atoms with Crippen LogP contribution in [0.4, 0.5) is 11.4 Å². The van der Waals surface area contributed by atoms with Gasteiger partial charge in [0.25, 0.3) is 5.91 Å². The molecule has 0 aliphatic heterocycles. The van der Waals surface area contributed by atoms with E-state index >= 15 is 0 Å². The standard InChI is InChI=1S/C24H21N7O/c1-15-13-27-31-21(15)14-26-19-11-16(22-29-20-8-5-9-25-23(20)30-22)10-17(12-19)24(32)28-18-6-3-2-4-7-18/h2-13,26H,14H2,1H3,(H,27,31)(H,28,32)(H,25,29,30). The Morgan fingerprint density at radius 3 is 2.69 bits per heavy atom. The molecular formula is C24H21N7O. The highest BCUT2D eigenvalue weighted by Crippen LogP contribution is 2.26. The van der Waals surface area contributed by atoms with Crippen LogP contribution in [0.25, 0.3) is 22.6 Å². The number of imidazole rings is 1. The number of aryl methyl sites for hydroxylation is 1. The number of pyridine rings is 1. The van der Waals surface area contributed by atoms with Gasteiger partial charge in [-0.25, -0.2) is 9.97 Å². The maximum atomic E-state index is 13.0. The number of hydrogen-bond donors (Lipinski definition) is 4. The van der Waals surface area contributed by atoms with E-state index in [2.05, 4.69) is 35.8 Å². The summed E-state index contributed by atoms with van der Waals surface area (Å²) in [6, 6.07) is 18.7. The first-order valence-corrected chi connectivity index (χ1v) is 10.2. The summed E-state index contributed by atoms with van der Waals surface area (Å²) in [4.78, 5) is 25.2. The lowest BCUT2D eigenvalue weighted by Crippen LogP contribution is -2.13. The zero-order valence-electron chi connectivity index (χ0n) is 17.4. The molecule has 0 bridgehead atoms. The predicted molar refractivity (Wildman–Crippen MR) is 124 cm³/mol. The molecule has 5 rings (SSSR count). The Morgan fingerprint density at radius 1 is 1.03 bits per heavy atom. The van der Waals surface area contributed by atoms with E-state index in [-0.39, 0.29) is 5.91 Å². The van der Waals surface area contributed by atoms with Gasteiger partial charge in [0.1, 0.15) is 11.3 Å². The number of anilines is 2. The first kappa shape index (κ1) is 19.5. The molecular weight excluding hydrogens is 402 g/mol. The smallest absolute Gasteiger partial charge is 0.255 e. The second kappa shape index (κ2) is 8.35. The summed E-state index contributed by atoms with van der Waals surface area (Å²) in [6.45, 7) is 2.55. The molecule has 8 heteroatoms. The molecule has 0 unspecified atom stereocenters. The van der Waals surface area contributed by atoms with Crippen molar-refractivity contribution in [1.82, 2.24) is 25.1 Å². The van der Waals surface area contributed by atoms with Crippen molar-refractivity contribution in [2.75, 3.05) is 10.6 Å². The third-order valence-electron chi connectivity index (χ3n) is 5.16. The van der Waals surface area contributed by atoms with Crippen molar-refractivity contribution in [3.05, 3.63) is 89.9 Å². The Kier molecular flexibility index (Phi) is 5.09. The average Bonchev–Trinajstić information content (AvgIpc) is 3.44. The number of aromatic amines is 2. The molecule has 5 aromatic rings. The van der Waals surface area contributed by atoms with Crippen molar-refractivity contribution in [2.45, 2.75) is 13.5 Å². The van der Waals surface area contributed by atoms with Crippen molar-refractivity contribution in [3.8, 4) is 11.4 Å². The van der Waals surface area contributed by atoms with Crippen LogP contribution >= 0.6 is 0 Å². The molecule has 0 fully saturated rings. The molecule has 3 heterocycles. The summed E-state index contributed by atoms with van der Waals surface area (Å²) in [5, 5.41) is 13.4. The largest absolute Gasteiger partial charge is 0.379 e. The summed E-state index contributed by atoms with van der Waals surface area (Å²) < 4.78 is 0. The van der Waals surface area contributed by atoms with E-state index in [0.717, 1.165) is 33.7 Å². The number of nitrogens with zero attached hydrogens (tertiary/aromatic N) is 3. The number of amides is 1. The highest BCUT2D eigenvalue weighted by atomic mass is 16.1. The van der Waals surface area contributed by atoms with E-state index in [9.17, 15) is 4.79 Å². The maximum Gasteiger partial charge on any atom is 0.255 e. The second-order valence-electron chi connectivity index (χ2n) is 7.46. The van der Waals surface area contributed by atoms with Crippen molar-refractivity contribution < 1.29 is 4.79 Å². The molecule has 0 aliphatic carbocycles. The fourth-order valence-corrected chi connectivity index (χ4v) is 3.45. The van der Waals surface area contributed by atoms with Gasteiger partial charge in [0, 0.05) is 28.7 Å². The minimum atomic E-state index is -0.201. The van der Waals surface area contributed by atoms with Crippen LogP contribution < -0.4 is 10.6 Å². The number of nitrogens with one attached hydrogen (secondary N) is 4. The van der Waals surface area contributed by atoms with E-state index in [1.807, 2.05) is 67.6 Å². The molecule has 3 aromatic heterocycles. The molecule has 0 saturated heterocycles. The predicted octanol–water partition coefficient (Wildman–Crippen LogP) is 4.52. The third-order valence-corrected chi connectivity index (χ3v) is 5.16. The van der Waals surface area contributed by atoms with Crippen molar-refractivity contribution >= 4 is 28.4 Å². The molecule has 0 spiro atoms. The Hall–Kier alpha value is -4.46.